The molecule has 0 aliphatic carbocycles. The summed E-state index contributed by atoms with van der Waals surface area (Å²) in [5.74, 6) is -0.181. The molecule has 0 rings (SSSR count). The summed E-state index contributed by atoms with van der Waals surface area (Å²) in [6.07, 6.45) is 2.12. The van der Waals surface area contributed by atoms with Gasteiger partial charge in [0.25, 0.3) is 0 Å². The van der Waals surface area contributed by atoms with Gasteiger partial charge in [0, 0.05) is 13.5 Å². The molecule has 0 saturated heterocycles. The van der Waals surface area contributed by atoms with Crippen molar-refractivity contribution in [2.45, 2.75) is 33.1 Å². The van der Waals surface area contributed by atoms with Crippen LogP contribution in [-0.4, -0.2) is 59.3 Å². The average molecular weight is 305 g/mol. The number of nitrogens with two attached hydrogens (primary N) is 1. The van der Waals surface area contributed by atoms with Gasteiger partial charge in [0.15, 0.2) is 0 Å². The number of carbonyl (C=O) groups excluding carboxylic acids is 1. The van der Waals surface area contributed by atoms with Crippen molar-refractivity contribution in [2.24, 2.45) is 11.1 Å². The lowest BCUT2D eigenvalue weighted by atomic mass is 9.84. The summed E-state index contributed by atoms with van der Waals surface area (Å²) < 4.78 is 20.5. The van der Waals surface area contributed by atoms with E-state index in [2.05, 4.69) is 13.8 Å². The number of esters is 1. The summed E-state index contributed by atoms with van der Waals surface area (Å²) in [6.45, 7) is 7.70. The van der Waals surface area contributed by atoms with Crippen LogP contribution >= 0.6 is 0 Å². The molecule has 0 aromatic carbocycles. The van der Waals surface area contributed by atoms with E-state index in [0.29, 0.717) is 46.0 Å². The van der Waals surface area contributed by atoms with Crippen LogP contribution in [0.15, 0.2) is 0 Å². The van der Waals surface area contributed by atoms with E-state index in [1.807, 2.05) is 0 Å². The van der Waals surface area contributed by atoms with Crippen molar-refractivity contribution in [3.8, 4) is 0 Å². The number of carbonyl (C=O) groups is 1. The lowest BCUT2D eigenvalue weighted by molar-refractivity contribution is -0.146. The number of ether oxygens (including phenoxy) is 4. The number of hydrogen-bond acceptors (Lipinski definition) is 6. The first-order valence-electron chi connectivity index (χ1n) is 7.52. The molecular formula is C15H31NO5. The van der Waals surface area contributed by atoms with Crippen molar-refractivity contribution >= 4 is 5.97 Å². The fraction of sp³-hybridized carbons (Fsp3) is 0.933. The Morgan fingerprint density at radius 3 is 2.10 bits per heavy atom. The minimum atomic E-state index is -0.181. The molecule has 0 bridgehead atoms. The van der Waals surface area contributed by atoms with Crippen LogP contribution in [0.25, 0.3) is 0 Å². The summed E-state index contributed by atoms with van der Waals surface area (Å²) >= 11 is 0. The summed E-state index contributed by atoms with van der Waals surface area (Å²) in [7, 11) is 1.63. The molecule has 0 saturated carbocycles. The molecule has 0 fully saturated rings. The highest BCUT2D eigenvalue weighted by Gasteiger charge is 2.18. The molecule has 0 aliphatic rings. The van der Waals surface area contributed by atoms with Gasteiger partial charge >= 0.3 is 5.97 Å². The highest BCUT2D eigenvalue weighted by atomic mass is 16.6. The molecule has 0 aromatic heterocycles. The van der Waals surface area contributed by atoms with Gasteiger partial charge in [-0.1, -0.05) is 13.8 Å². The molecule has 6 nitrogen and oxygen atoms in total. The summed E-state index contributed by atoms with van der Waals surface area (Å²) in [6, 6.07) is 0. The van der Waals surface area contributed by atoms with Crippen LogP contribution < -0.4 is 5.73 Å². The third-order valence-electron chi connectivity index (χ3n) is 3.12. The maximum absolute atomic E-state index is 11.6. The van der Waals surface area contributed by atoms with E-state index in [9.17, 15) is 4.79 Å². The summed E-state index contributed by atoms with van der Waals surface area (Å²) in [4.78, 5) is 11.6. The zero-order valence-corrected chi connectivity index (χ0v) is 13.7. The van der Waals surface area contributed by atoms with E-state index < -0.39 is 0 Å². The van der Waals surface area contributed by atoms with Crippen molar-refractivity contribution in [3.05, 3.63) is 0 Å². The van der Waals surface area contributed by atoms with Crippen molar-refractivity contribution < 1.29 is 23.7 Å². The molecule has 6 heteroatoms. The van der Waals surface area contributed by atoms with Gasteiger partial charge in [-0.15, -0.1) is 0 Å². The lowest BCUT2D eigenvalue weighted by Gasteiger charge is -2.23. The molecule has 0 aliphatic heterocycles. The standard InChI is InChI=1S/C15H31NO5/c1-15(2,6-7-16)5-4-14(17)21-13-12-20-11-10-19-9-8-18-3/h4-13,16H2,1-3H3. The van der Waals surface area contributed by atoms with Crippen LogP contribution in [0.2, 0.25) is 0 Å². The molecule has 0 atom stereocenters. The molecule has 0 spiro atoms. The van der Waals surface area contributed by atoms with Gasteiger partial charge < -0.3 is 24.7 Å². The number of hydrogen-bond donors (Lipinski definition) is 1. The maximum atomic E-state index is 11.6. The average Bonchev–Trinajstić information content (AvgIpc) is 2.43. The first-order chi connectivity index (χ1) is 10.0. The van der Waals surface area contributed by atoms with Crippen molar-refractivity contribution in [1.29, 1.82) is 0 Å². The Labute approximate surface area is 128 Å². The van der Waals surface area contributed by atoms with E-state index in [4.69, 9.17) is 24.7 Å². The second-order valence-corrected chi connectivity index (χ2v) is 5.64. The van der Waals surface area contributed by atoms with Crippen molar-refractivity contribution in [1.82, 2.24) is 0 Å². The van der Waals surface area contributed by atoms with Crippen LogP contribution in [0.4, 0.5) is 0 Å². The van der Waals surface area contributed by atoms with E-state index in [0.717, 1.165) is 12.8 Å². The Kier molecular flexibility index (Phi) is 12.6. The topological polar surface area (TPSA) is 80.0 Å². The molecule has 0 radical (unpaired) electrons. The zero-order valence-electron chi connectivity index (χ0n) is 13.7. The second-order valence-electron chi connectivity index (χ2n) is 5.64. The molecule has 126 valence electrons. The Morgan fingerprint density at radius 1 is 0.952 bits per heavy atom. The highest BCUT2D eigenvalue weighted by Crippen LogP contribution is 2.25. The maximum Gasteiger partial charge on any atom is 0.305 e. The van der Waals surface area contributed by atoms with Crippen LogP contribution in [0.1, 0.15) is 33.1 Å². The number of rotatable bonds is 14. The van der Waals surface area contributed by atoms with Crippen LogP contribution in [0, 0.1) is 5.41 Å². The van der Waals surface area contributed by atoms with Crippen LogP contribution in [0.5, 0.6) is 0 Å². The van der Waals surface area contributed by atoms with Gasteiger partial charge in [0.05, 0.1) is 33.0 Å². The van der Waals surface area contributed by atoms with Gasteiger partial charge in [0.1, 0.15) is 6.61 Å². The Morgan fingerprint density at radius 2 is 1.52 bits per heavy atom. The molecule has 0 heterocycles. The summed E-state index contributed by atoms with van der Waals surface area (Å²) in [5, 5.41) is 0. The second kappa shape index (κ2) is 13.0. The highest BCUT2D eigenvalue weighted by molar-refractivity contribution is 5.69. The van der Waals surface area contributed by atoms with Gasteiger partial charge in [-0.3, -0.25) is 4.79 Å². The lowest BCUT2D eigenvalue weighted by Crippen LogP contribution is -2.19. The third-order valence-corrected chi connectivity index (χ3v) is 3.12. The molecular weight excluding hydrogens is 274 g/mol. The summed E-state index contributed by atoms with van der Waals surface area (Å²) in [5.41, 5.74) is 5.62. The minimum Gasteiger partial charge on any atom is -0.463 e. The molecule has 2 N–H and O–H groups in total. The normalized spacial score (nSPS) is 11.6. The number of methoxy groups -OCH3 is 1. The van der Waals surface area contributed by atoms with E-state index >= 15 is 0 Å². The third kappa shape index (κ3) is 14.0. The van der Waals surface area contributed by atoms with E-state index in [1.165, 1.54) is 0 Å². The predicted octanol–water partition coefficient (Wildman–Crippen LogP) is 1.36. The smallest absolute Gasteiger partial charge is 0.305 e. The Bertz CT molecular complexity index is 258. The van der Waals surface area contributed by atoms with Gasteiger partial charge in [-0.05, 0) is 24.8 Å². The Balaban J connectivity index is 3.38. The van der Waals surface area contributed by atoms with Gasteiger partial charge in [0.2, 0.25) is 0 Å². The Hall–Kier alpha value is -0.690. The predicted molar refractivity (Wildman–Crippen MR) is 81.2 cm³/mol. The minimum absolute atomic E-state index is 0.0871. The van der Waals surface area contributed by atoms with Crippen LogP contribution in [-0.2, 0) is 23.7 Å². The quantitative estimate of drug-likeness (QED) is 0.385. The fourth-order valence-corrected chi connectivity index (χ4v) is 1.71. The molecule has 0 amide bonds. The van der Waals surface area contributed by atoms with Crippen LogP contribution in [0.3, 0.4) is 0 Å². The van der Waals surface area contributed by atoms with Crippen molar-refractivity contribution in [3.63, 3.8) is 0 Å². The first kappa shape index (κ1) is 20.3. The first-order valence-corrected chi connectivity index (χ1v) is 7.52. The fourth-order valence-electron chi connectivity index (χ4n) is 1.71. The largest absolute Gasteiger partial charge is 0.463 e. The molecule has 0 aromatic rings. The SMILES string of the molecule is COCCOCCOCCOC(=O)CCC(C)(C)CCN. The zero-order chi connectivity index (χ0) is 16.0. The van der Waals surface area contributed by atoms with Crippen molar-refractivity contribution in [2.75, 3.05) is 53.3 Å². The van der Waals surface area contributed by atoms with E-state index in [1.54, 1.807) is 7.11 Å². The van der Waals surface area contributed by atoms with Gasteiger partial charge in [-0.2, -0.15) is 0 Å². The van der Waals surface area contributed by atoms with E-state index in [-0.39, 0.29) is 18.0 Å². The monoisotopic (exact) mass is 305 g/mol. The van der Waals surface area contributed by atoms with Gasteiger partial charge in [-0.25, -0.2) is 0 Å². The molecule has 21 heavy (non-hydrogen) atoms. The molecule has 0 unspecified atom stereocenters.